The van der Waals surface area contributed by atoms with Gasteiger partial charge in [-0.05, 0) is 0 Å². The first-order valence-electron chi connectivity index (χ1n) is 3.54. The van der Waals surface area contributed by atoms with Crippen molar-refractivity contribution >= 4 is 5.91 Å². The highest BCUT2D eigenvalue weighted by Crippen LogP contribution is 2.30. The lowest BCUT2D eigenvalue weighted by Gasteiger charge is -2.09. The van der Waals surface area contributed by atoms with Gasteiger partial charge in [0.05, 0.1) is 0 Å². The number of halogens is 3. The van der Waals surface area contributed by atoms with Crippen molar-refractivity contribution in [2.45, 2.75) is 24.6 Å². The molecule has 0 aromatic heterocycles. The zero-order valence-electron chi connectivity index (χ0n) is 6.37. The molecule has 0 saturated heterocycles. The molecule has 1 amide bonds. The average Bonchev–Trinajstić information content (AvgIpc) is 2.62. The van der Waals surface area contributed by atoms with Gasteiger partial charge in [-0.1, -0.05) is 0 Å². The topological polar surface area (TPSA) is 56.7 Å². The van der Waals surface area contributed by atoms with Gasteiger partial charge in [-0.15, -0.1) is 0 Å². The molecule has 0 aliphatic heterocycles. The largest absolute Gasteiger partial charge is 0.405 e. The molecule has 0 aromatic carbocycles. The average molecular weight is 183 g/mol. The molecular formula is C6H10F3N2O+. The number of rotatable bonds is 2. The van der Waals surface area contributed by atoms with Crippen LogP contribution in [-0.4, -0.2) is 24.2 Å². The minimum atomic E-state index is -4.33. The van der Waals surface area contributed by atoms with Gasteiger partial charge in [-0.3, -0.25) is 4.79 Å². The van der Waals surface area contributed by atoms with E-state index < -0.39 is 24.2 Å². The first kappa shape index (κ1) is 9.31. The van der Waals surface area contributed by atoms with Crippen molar-refractivity contribution in [3.8, 4) is 0 Å². The van der Waals surface area contributed by atoms with Crippen molar-refractivity contribution in [3.63, 3.8) is 0 Å². The quantitative estimate of drug-likeness (QED) is 0.592. The summed E-state index contributed by atoms with van der Waals surface area (Å²) >= 11 is 0. The summed E-state index contributed by atoms with van der Waals surface area (Å²) in [6.45, 7) is -1.26. The lowest BCUT2D eigenvalue weighted by molar-refractivity contribution is -0.420. The number of nitrogens with one attached hydrogen (secondary N) is 1. The molecule has 70 valence electrons. The molecule has 1 fully saturated rings. The Morgan fingerprint density at radius 1 is 1.50 bits per heavy atom. The molecule has 6 heteroatoms. The smallest absolute Gasteiger partial charge is 0.345 e. The van der Waals surface area contributed by atoms with Crippen molar-refractivity contribution in [3.05, 3.63) is 0 Å². The molecule has 1 saturated carbocycles. The van der Waals surface area contributed by atoms with E-state index in [-0.39, 0.29) is 0 Å². The van der Waals surface area contributed by atoms with E-state index in [2.05, 4.69) is 5.73 Å². The Balaban J connectivity index is 2.29. The van der Waals surface area contributed by atoms with Gasteiger partial charge in [0.1, 0.15) is 6.54 Å². The van der Waals surface area contributed by atoms with Gasteiger partial charge in [0, 0.05) is 12.8 Å². The van der Waals surface area contributed by atoms with Gasteiger partial charge in [-0.25, -0.2) is 0 Å². The zero-order valence-corrected chi connectivity index (χ0v) is 6.37. The van der Waals surface area contributed by atoms with E-state index in [0.717, 1.165) is 0 Å². The van der Waals surface area contributed by atoms with Gasteiger partial charge in [-0.2, -0.15) is 13.2 Å². The van der Waals surface area contributed by atoms with Gasteiger partial charge in [0.2, 0.25) is 0 Å². The van der Waals surface area contributed by atoms with E-state index in [0.29, 0.717) is 12.8 Å². The van der Waals surface area contributed by atoms with Crippen LogP contribution in [0.3, 0.4) is 0 Å². The molecule has 0 radical (unpaired) electrons. The molecule has 0 bridgehead atoms. The van der Waals surface area contributed by atoms with E-state index >= 15 is 0 Å². The maximum absolute atomic E-state index is 11.6. The van der Waals surface area contributed by atoms with E-state index in [1.807, 2.05) is 0 Å². The summed E-state index contributed by atoms with van der Waals surface area (Å²) in [6, 6.07) is 0. The van der Waals surface area contributed by atoms with Crippen LogP contribution in [0.15, 0.2) is 0 Å². The van der Waals surface area contributed by atoms with E-state index in [9.17, 15) is 18.0 Å². The summed E-state index contributed by atoms with van der Waals surface area (Å²) in [5.74, 6) is -0.597. The van der Waals surface area contributed by atoms with Crippen LogP contribution >= 0.6 is 0 Å². The first-order valence-corrected chi connectivity index (χ1v) is 3.54. The highest BCUT2D eigenvalue weighted by Gasteiger charge is 2.51. The van der Waals surface area contributed by atoms with Crippen molar-refractivity contribution in [1.82, 2.24) is 5.32 Å². The number of hydrogen-bond donors (Lipinski definition) is 2. The van der Waals surface area contributed by atoms with Crippen molar-refractivity contribution < 1.29 is 23.7 Å². The highest BCUT2D eigenvalue weighted by molar-refractivity contribution is 5.87. The Kier molecular flexibility index (Phi) is 2.03. The second kappa shape index (κ2) is 2.62. The fourth-order valence-electron chi connectivity index (χ4n) is 0.746. The SMILES string of the molecule is [NH3+]C1(C(=O)NCC(F)(F)F)CC1. The number of hydrogen-bond acceptors (Lipinski definition) is 1. The summed E-state index contributed by atoms with van der Waals surface area (Å²) in [5.41, 5.74) is 2.73. The Hall–Kier alpha value is -0.780. The molecule has 0 aromatic rings. The van der Waals surface area contributed by atoms with Crippen LogP contribution in [0.4, 0.5) is 13.2 Å². The van der Waals surface area contributed by atoms with Crippen LogP contribution in [0.2, 0.25) is 0 Å². The fourth-order valence-corrected chi connectivity index (χ4v) is 0.746. The summed E-state index contributed by atoms with van der Waals surface area (Å²) < 4.78 is 34.8. The summed E-state index contributed by atoms with van der Waals surface area (Å²) in [4.78, 5) is 10.9. The number of amides is 1. The Morgan fingerprint density at radius 3 is 2.33 bits per heavy atom. The molecule has 0 heterocycles. The monoisotopic (exact) mass is 183 g/mol. The summed E-state index contributed by atoms with van der Waals surface area (Å²) in [6.07, 6.45) is -3.17. The fraction of sp³-hybridized carbons (Fsp3) is 0.833. The van der Waals surface area contributed by atoms with E-state index in [1.165, 1.54) is 0 Å². The Labute approximate surface area is 67.1 Å². The standard InChI is InChI=1S/C6H9F3N2O/c7-6(8,9)3-11-4(12)5(10)1-2-5/h1-3,10H2,(H,11,12)/p+1. The first-order chi connectivity index (χ1) is 5.33. The lowest BCUT2D eigenvalue weighted by atomic mass is 10.3. The molecule has 0 atom stereocenters. The van der Waals surface area contributed by atoms with Crippen molar-refractivity contribution in [1.29, 1.82) is 0 Å². The third kappa shape index (κ3) is 2.37. The number of alkyl halides is 3. The molecular weight excluding hydrogens is 173 g/mol. The van der Waals surface area contributed by atoms with Crippen LogP contribution in [0.5, 0.6) is 0 Å². The van der Waals surface area contributed by atoms with Crippen LogP contribution < -0.4 is 11.1 Å². The van der Waals surface area contributed by atoms with Crippen molar-refractivity contribution in [2.75, 3.05) is 6.54 Å². The second-order valence-corrected chi connectivity index (χ2v) is 3.08. The van der Waals surface area contributed by atoms with Crippen molar-refractivity contribution in [2.24, 2.45) is 0 Å². The van der Waals surface area contributed by atoms with E-state index in [1.54, 1.807) is 5.32 Å². The summed E-state index contributed by atoms with van der Waals surface area (Å²) in [5, 5.41) is 1.80. The van der Waals surface area contributed by atoms with Crippen LogP contribution in [0.1, 0.15) is 12.8 Å². The predicted molar refractivity (Wildman–Crippen MR) is 33.9 cm³/mol. The van der Waals surface area contributed by atoms with Gasteiger partial charge in [0.25, 0.3) is 5.91 Å². The minimum absolute atomic E-state index is 0.580. The third-order valence-electron chi connectivity index (χ3n) is 1.78. The third-order valence-corrected chi connectivity index (χ3v) is 1.78. The maximum atomic E-state index is 11.6. The molecule has 3 nitrogen and oxygen atoms in total. The Morgan fingerprint density at radius 2 is 2.00 bits per heavy atom. The second-order valence-electron chi connectivity index (χ2n) is 3.08. The van der Waals surface area contributed by atoms with Gasteiger partial charge < -0.3 is 11.1 Å². The van der Waals surface area contributed by atoms with Crippen LogP contribution in [0.25, 0.3) is 0 Å². The molecule has 0 spiro atoms. The van der Waals surface area contributed by atoms with E-state index in [4.69, 9.17) is 0 Å². The van der Waals surface area contributed by atoms with Crippen LogP contribution in [-0.2, 0) is 4.79 Å². The predicted octanol–water partition coefficient (Wildman–Crippen LogP) is -0.561. The lowest BCUT2D eigenvalue weighted by Crippen LogP contribution is -2.70. The van der Waals surface area contributed by atoms with Crippen LogP contribution in [0, 0.1) is 0 Å². The molecule has 1 rings (SSSR count). The molecule has 12 heavy (non-hydrogen) atoms. The Bertz CT molecular complexity index is 197. The zero-order chi connectivity index (χ0) is 9.41. The molecule has 0 unspecified atom stereocenters. The maximum Gasteiger partial charge on any atom is 0.405 e. The number of carbonyl (C=O) groups excluding carboxylic acids is 1. The molecule has 1 aliphatic rings. The van der Waals surface area contributed by atoms with Gasteiger partial charge in [0.15, 0.2) is 5.54 Å². The molecule has 4 N–H and O–H groups in total. The minimum Gasteiger partial charge on any atom is -0.345 e. The van der Waals surface area contributed by atoms with Gasteiger partial charge >= 0.3 is 6.18 Å². The highest BCUT2D eigenvalue weighted by atomic mass is 19.4. The number of quaternary nitrogens is 1. The normalized spacial score (nSPS) is 20.3. The summed E-state index contributed by atoms with van der Waals surface area (Å²) in [7, 11) is 0. The number of carbonyl (C=O) groups is 1. The molecule has 1 aliphatic carbocycles.